The van der Waals surface area contributed by atoms with Gasteiger partial charge in [-0.2, -0.15) is 0 Å². The molecule has 0 heterocycles. The summed E-state index contributed by atoms with van der Waals surface area (Å²) in [5.74, 6) is 1.04. The molecule has 0 aliphatic heterocycles. The van der Waals surface area contributed by atoms with Gasteiger partial charge in [0.25, 0.3) is 9.05 Å². The maximum atomic E-state index is 11.5. The fourth-order valence-electron chi connectivity index (χ4n) is 2.43. The molecule has 1 aliphatic carbocycles. The molecule has 1 aromatic carbocycles. The van der Waals surface area contributed by atoms with E-state index in [0.717, 1.165) is 6.42 Å². The van der Waals surface area contributed by atoms with Crippen molar-refractivity contribution in [3.05, 3.63) is 22.7 Å². The minimum Gasteiger partial charge on any atom is -0.492 e. The smallest absolute Gasteiger partial charge is 0.265 e. The van der Waals surface area contributed by atoms with E-state index in [4.69, 9.17) is 15.4 Å². The van der Waals surface area contributed by atoms with E-state index in [9.17, 15) is 8.42 Å². The first-order valence-corrected chi connectivity index (χ1v) is 9.44. The molecule has 0 aromatic heterocycles. The average Bonchev–Trinajstić information content (AvgIpc) is 2.83. The van der Waals surface area contributed by atoms with Gasteiger partial charge < -0.3 is 4.74 Å². The fraction of sp³-hybridized carbons (Fsp3) is 0.538. The molecule has 0 saturated heterocycles. The average molecular weight is 368 g/mol. The van der Waals surface area contributed by atoms with E-state index in [1.807, 2.05) is 0 Å². The van der Waals surface area contributed by atoms with Gasteiger partial charge in [0.15, 0.2) is 0 Å². The molecule has 1 aromatic rings. The van der Waals surface area contributed by atoms with Crippen LogP contribution in [0.2, 0.25) is 0 Å². The number of halogens is 2. The van der Waals surface area contributed by atoms with E-state index >= 15 is 0 Å². The van der Waals surface area contributed by atoms with Gasteiger partial charge in [0.1, 0.15) is 10.6 Å². The predicted molar refractivity (Wildman–Crippen MR) is 79.3 cm³/mol. The summed E-state index contributed by atoms with van der Waals surface area (Å²) in [5.41, 5.74) is 0. The van der Waals surface area contributed by atoms with Gasteiger partial charge in [-0.05, 0) is 30.5 Å². The minimum atomic E-state index is -3.79. The second kappa shape index (κ2) is 6.46. The molecule has 1 saturated carbocycles. The lowest BCUT2D eigenvalue weighted by molar-refractivity contribution is 0.273. The number of hydrogen-bond donors (Lipinski definition) is 0. The van der Waals surface area contributed by atoms with Crippen LogP contribution in [-0.2, 0) is 9.05 Å². The fourth-order valence-corrected chi connectivity index (χ4v) is 3.94. The Morgan fingerprint density at radius 1 is 1.32 bits per heavy atom. The van der Waals surface area contributed by atoms with Crippen molar-refractivity contribution in [2.75, 3.05) is 6.61 Å². The maximum Gasteiger partial charge on any atom is 0.265 e. The molecule has 106 valence electrons. The van der Waals surface area contributed by atoms with Crippen LogP contribution in [0, 0.1) is 5.92 Å². The van der Waals surface area contributed by atoms with Crippen LogP contribution in [0.25, 0.3) is 0 Å². The van der Waals surface area contributed by atoms with Gasteiger partial charge in [-0.15, -0.1) is 0 Å². The van der Waals surface area contributed by atoms with Crippen molar-refractivity contribution in [3.8, 4) is 5.75 Å². The Labute approximate surface area is 126 Å². The van der Waals surface area contributed by atoms with Gasteiger partial charge in [-0.3, -0.25) is 0 Å². The van der Waals surface area contributed by atoms with Crippen LogP contribution in [-0.4, -0.2) is 15.0 Å². The molecular weight excluding hydrogens is 352 g/mol. The van der Waals surface area contributed by atoms with E-state index < -0.39 is 9.05 Å². The first kappa shape index (κ1) is 15.1. The van der Waals surface area contributed by atoms with Crippen molar-refractivity contribution in [1.82, 2.24) is 0 Å². The summed E-state index contributed by atoms with van der Waals surface area (Å²) >= 11 is 3.23. The molecule has 1 fully saturated rings. The topological polar surface area (TPSA) is 43.4 Å². The maximum absolute atomic E-state index is 11.5. The van der Waals surface area contributed by atoms with Crippen LogP contribution < -0.4 is 4.74 Å². The Balaban J connectivity index is 2.03. The summed E-state index contributed by atoms with van der Waals surface area (Å²) in [4.78, 5) is 0.0231. The molecule has 0 N–H and O–H groups in total. The van der Waals surface area contributed by atoms with Gasteiger partial charge in [-0.1, -0.05) is 41.6 Å². The lowest BCUT2D eigenvalue weighted by Gasteiger charge is -2.12. The molecule has 0 atom stereocenters. The summed E-state index contributed by atoms with van der Waals surface area (Å²) in [7, 11) is 1.62. The molecule has 2 rings (SSSR count). The summed E-state index contributed by atoms with van der Waals surface area (Å²) < 4.78 is 29.2. The first-order valence-electron chi connectivity index (χ1n) is 6.34. The molecule has 3 nitrogen and oxygen atoms in total. The highest BCUT2D eigenvalue weighted by Gasteiger charge is 2.19. The summed E-state index contributed by atoms with van der Waals surface area (Å²) in [6.45, 7) is 0.533. The van der Waals surface area contributed by atoms with E-state index in [2.05, 4.69) is 15.9 Å². The molecule has 6 heteroatoms. The standard InChI is InChI=1S/C13H16BrClO3S/c14-11-5-6-12(13(9-11)19(15,16)17)18-8-7-10-3-1-2-4-10/h5-6,9-10H,1-4,7-8H2. The molecule has 1 aliphatic rings. The predicted octanol–water partition coefficient (Wildman–Crippen LogP) is 4.34. The highest BCUT2D eigenvalue weighted by atomic mass is 79.9. The highest BCUT2D eigenvalue weighted by Crippen LogP contribution is 2.31. The molecule has 0 radical (unpaired) electrons. The van der Waals surface area contributed by atoms with Gasteiger partial charge in [-0.25, -0.2) is 8.42 Å². The lowest BCUT2D eigenvalue weighted by Crippen LogP contribution is -2.06. The van der Waals surface area contributed by atoms with E-state index in [1.54, 1.807) is 12.1 Å². The summed E-state index contributed by atoms with van der Waals surface area (Å²) in [5, 5.41) is 0. The van der Waals surface area contributed by atoms with Crippen molar-refractivity contribution in [2.45, 2.75) is 37.0 Å². The SMILES string of the molecule is O=S(=O)(Cl)c1cc(Br)ccc1OCCC1CCCC1. The van der Waals surface area contributed by atoms with Crippen LogP contribution >= 0.6 is 26.6 Å². The van der Waals surface area contributed by atoms with Crippen molar-refractivity contribution in [2.24, 2.45) is 5.92 Å². The summed E-state index contributed by atoms with van der Waals surface area (Å²) in [6.07, 6.45) is 6.07. The zero-order chi connectivity index (χ0) is 13.9. The third-order valence-corrected chi connectivity index (χ3v) is 5.26. The van der Waals surface area contributed by atoms with Crippen molar-refractivity contribution < 1.29 is 13.2 Å². The Bertz CT molecular complexity index is 539. The summed E-state index contributed by atoms with van der Waals surface area (Å²) in [6, 6.07) is 4.84. The van der Waals surface area contributed by atoms with Crippen molar-refractivity contribution in [3.63, 3.8) is 0 Å². The van der Waals surface area contributed by atoms with Crippen LogP contribution in [0.4, 0.5) is 0 Å². The second-order valence-electron chi connectivity index (χ2n) is 4.82. The van der Waals surface area contributed by atoms with E-state index in [0.29, 0.717) is 22.7 Å². The van der Waals surface area contributed by atoms with Gasteiger partial charge in [0.05, 0.1) is 6.61 Å². The van der Waals surface area contributed by atoms with E-state index in [-0.39, 0.29) is 4.90 Å². The lowest BCUT2D eigenvalue weighted by atomic mass is 10.1. The van der Waals surface area contributed by atoms with Crippen molar-refractivity contribution in [1.29, 1.82) is 0 Å². The van der Waals surface area contributed by atoms with Crippen LogP contribution in [0.3, 0.4) is 0 Å². The molecule has 0 amide bonds. The highest BCUT2D eigenvalue weighted by molar-refractivity contribution is 9.10. The van der Waals surface area contributed by atoms with Gasteiger partial charge >= 0.3 is 0 Å². The van der Waals surface area contributed by atoms with E-state index in [1.165, 1.54) is 31.7 Å². The normalized spacial score (nSPS) is 16.7. The molecule has 0 bridgehead atoms. The quantitative estimate of drug-likeness (QED) is 0.727. The van der Waals surface area contributed by atoms with Crippen LogP contribution in [0.1, 0.15) is 32.1 Å². The van der Waals surface area contributed by atoms with Gasteiger partial charge in [0.2, 0.25) is 0 Å². The third kappa shape index (κ3) is 4.36. The Morgan fingerprint density at radius 3 is 2.63 bits per heavy atom. The first-order chi connectivity index (χ1) is 8.97. The largest absolute Gasteiger partial charge is 0.492 e. The number of rotatable bonds is 5. The monoisotopic (exact) mass is 366 g/mol. The molecule has 19 heavy (non-hydrogen) atoms. The third-order valence-electron chi connectivity index (χ3n) is 3.43. The minimum absolute atomic E-state index is 0.0231. The number of benzene rings is 1. The van der Waals surface area contributed by atoms with Crippen LogP contribution in [0.15, 0.2) is 27.6 Å². The second-order valence-corrected chi connectivity index (χ2v) is 8.27. The number of ether oxygens (including phenoxy) is 1. The molecular formula is C13H16BrClO3S. The number of hydrogen-bond acceptors (Lipinski definition) is 3. The Morgan fingerprint density at radius 2 is 2.00 bits per heavy atom. The Kier molecular flexibility index (Phi) is 5.15. The van der Waals surface area contributed by atoms with Gasteiger partial charge in [0, 0.05) is 15.2 Å². The van der Waals surface area contributed by atoms with Crippen LogP contribution in [0.5, 0.6) is 5.75 Å². The molecule has 0 unspecified atom stereocenters. The zero-order valence-electron chi connectivity index (χ0n) is 10.4. The molecule has 0 spiro atoms. The zero-order valence-corrected chi connectivity index (χ0v) is 13.6. The Hall–Kier alpha value is -0.260. The van der Waals surface area contributed by atoms with Crippen molar-refractivity contribution >= 4 is 35.7 Å².